The first-order valence-electron chi connectivity index (χ1n) is 7.74. The molecule has 2 rings (SSSR count). The van der Waals surface area contributed by atoms with Crippen molar-refractivity contribution in [2.75, 3.05) is 18.8 Å². The standard InChI is InChI=1S/C17H25FN2O2/c1-17(2,3)22-16(21)20-10-4-5-13(11-20)15(18)12-6-8-14(19)9-7-12/h6-9,13,15H,4-5,10-11,19H2,1-3H3. The van der Waals surface area contributed by atoms with Gasteiger partial charge >= 0.3 is 6.09 Å². The van der Waals surface area contributed by atoms with Crippen molar-refractivity contribution in [1.82, 2.24) is 4.90 Å². The summed E-state index contributed by atoms with van der Waals surface area (Å²) in [5.74, 6) is -0.204. The summed E-state index contributed by atoms with van der Waals surface area (Å²) in [7, 11) is 0. The number of hydrogen-bond acceptors (Lipinski definition) is 3. The van der Waals surface area contributed by atoms with Crippen LogP contribution in [0.4, 0.5) is 14.9 Å². The van der Waals surface area contributed by atoms with Crippen LogP contribution in [0.2, 0.25) is 0 Å². The van der Waals surface area contributed by atoms with Crippen molar-refractivity contribution < 1.29 is 13.9 Å². The fourth-order valence-corrected chi connectivity index (χ4v) is 2.69. The highest BCUT2D eigenvalue weighted by Gasteiger charge is 2.32. The SMILES string of the molecule is CC(C)(C)OC(=O)N1CCCC(C(F)c2ccc(N)cc2)C1. The van der Waals surface area contributed by atoms with E-state index in [9.17, 15) is 9.18 Å². The van der Waals surface area contributed by atoms with Crippen molar-refractivity contribution in [3.63, 3.8) is 0 Å². The minimum absolute atomic E-state index is 0.204. The number of rotatable bonds is 2. The monoisotopic (exact) mass is 308 g/mol. The molecule has 0 aromatic heterocycles. The molecule has 1 saturated heterocycles. The van der Waals surface area contributed by atoms with Crippen molar-refractivity contribution in [3.05, 3.63) is 29.8 Å². The molecule has 1 fully saturated rings. The first kappa shape index (κ1) is 16.6. The molecule has 2 N–H and O–H groups in total. The van der Waals surface area contributed by atoms with Gasteiger partial charge in [-0.05, 0) is 51.3 Å². The van der Waals surface area contributed by atoms with E-state index in [0.717, 1.165) is 12.8 Å². The zero-order valence-corrected chi connectivity index (χ0v) is 13.5. The zero-order valence-electron chi connectivity index (χ0n) is 13.5. The summed E-state index contributed by atoms with van der Waals surface area (Å²) >= 11 is 0. The summed E-state index contributed by atoms with van der Waals surface area (Å²) in [5, 5.41) is 0. The number of amides is 1. The lowest BCUT2D eigenvalue weighted by Gasteiger charge is -2.35. The topological polar surface area (TPSA) is 55.6 Å². The Morgan fingerprint density at radius 2 is 2.00 bits per heavy atom. The Hall–Kier alpha value is -1.78. The predicted octanol–water partition coefficient (Wildman–Crippen LogP) is 3.93. The Morgan fingerprint density at radius 1 is 1.36 bits per heavy atom. The number of anilines is 1. The number of carbonyl (C=O) groups excluding carboxylic acids is 1. The molecule has 0 spiro atoms. The van der Waals surface area contributed by atoms with E-state index in [-0.39, 0.29) is 12.0 Å². The summed E-state index contributed by atoms with van der Waals surface area (Å²) in [6.45, 7) is 6.51. The highest BCUT2D eigenvalue weighted by molar-refractivity contribution is 5.68. The van der Waals surface area contributed by atoms with Crippen LogP contribution in [0, 0.1) is 5.92 Å². The van der Waals surface area contributed by atoms with Gasteiger partial charge < -0.3 is 15.4 Å². The number of nitrogens with two attached hydrogens (primary N) is 1. The maximum atomic E-state index is 14.7. The molecule has 5 heteroatoms. The molecule has 4 nitrogen and oxygen atoms in total. The summed E-state index contributed by atoms with van der Waals surface area (Å²) in [5.41, 5.74) is 6.34. The van der Waals surface area contributed by atoms with Gasteiger partial charge in [0.15, 0.2) is 0 Å². The van der Waals surface area contributed by atoms with Gasteiger partial charge in [0.25, 0.3) is 0 Å². The third kappa shape index (κ3) is 4.36. The van der Waals surface area contributed by atoms with E-state index in [0.29, 0.717) is 24.3 Å². The Bertz CT molecular complexity index is 510. The fraction of sp³-hybridized carbons (Fsp3) is 0.588. The summed E-state index contributed by atoms with van der Waals surface area (Å²) < 4.78 is 20.1. The van der Waals surface area contributed by atoms with Crippen LogP contribution in [0.15, 0.2) is 24.3 Å². The maximum absolute atomic E-state index is 14.7. The Labute approximate surface area is 131 Å². The lowest BCUT2D eigenvalue weighted by Crippen LogP contribution is -2.43. The highest BCUT2D eigenvalue weighted by atomic mass is 19.1. The lowest BCUT2D eigenvalue weighted by atomic mass is 9.89. The molecule has 1 aliphatic heterocycles. The second-order valence-corrected chi connectivity index (χ2v) is 6.90. The normalized spacial score (nSPS) is 20.5. The maximum Gasteiger partial charge on any atom is 0.410 e. The molecule has 0 radical (unpaired) electrons. The first-order valence-corrected chi connectivity index (χ1v) is 7.74. The van der Waals surface area contributed by atoms with Gasteiger partial charge in [-0.25, -0.2) is 9.18 Å². The van der Waals surface area contributed by atoms with Gasteiger partial charge in [-0.15, -0.1) is 0 Å². The minimum Gasteiger partial charge on any atom is -0.444 e. The smallest absolute Gasteiger partial charge is 0.410 e. The number of nitrogen functional groups attached to an aromatic ring is 1. The van der Waals surface area contributed by atoms with E-state index in [1.165, 1.54) is 0 Å². The molecule has 1 heterocycles. The Morgan fingerprint density at radius 3 is 2.59 bits per heavy atom. The number of halogens is 1. The molecular weight excluding hydrogens is 283 g/mol. The number of hydrogen-bond donors (Lipinski definition) is 1. The Kier molecular flexibility index (Phi) is 4.94. The molecule has 0 saturated carbocycles. The average Bonchev–Trinajstić information content (AvgIpc) is 2.46. The number of likely N-dealkylation sites (tertiary alicyclic amines) is 1. The van der Waals surface area contributed by atoms with E-state index < -0.39 is 11.8 Å². The molecule has 1 aliphatic rings. The largest absolute Gasteiger partial charge is 0.444 e. The molecule has 122 valence electrons. The van der Waals surface area contributed by atoms with Crippen molar-refractivity contribution in [3.8, 4) is 0 Å². The van der Waals surface area contributed by atoms with Crippen LogP contribution in [0.25, 0.3) is 0 Å². The van der Waals surface area contributed by atoms with Crippen molar-refractivity contribution in [2.24, 2.45) is 5.92 Å². The van der Waals surface area contributed by atoms with E-state index in [2.05, 4.69) is 0 Å². The van der Waals surface area contributed by atoms with Crippen LogP contribution < -0.4 is 5.73 Å². The lowest BCUT2D eigenvalue weighted by molar-refractivity contribution is 0.0110. The quantitative estimate of drug-likeness (QED) is 0.842. The van der Waals surface area contributed by atoms with Crippen LogP contribution >= 0.6 is 0 Å². The van der Waals surface area contributed by atoms with E-state index in [1.807, 2.05) is 20.8 Å². The van der Waals surface area contributed by atoms with E-state index in [1.54, 1.807) is 29.2 Å². The molecule has 0 bridgehead atoms. The number of ether oxygens (including phenoxy) is 1. The van der Waals surface area contributed by atoms with Crippen molar-refractivity contribution >= 4 is 11.8 Å². The molecule has 2 atom stereocenters. The zero-order chi connectivity index (χ0) is 16.3. The van der Waals surface area contributed by atoms with Crippen molar-refractivity contribution in [2.45, 2.75) is 45.4 Å². The Balaban J connectivity index is 2.00. The molecule has 1 aromatic rings. The third-order valence-corrected chi connectivity index (χ3v) is 3.78. The second kappa shape index (κ2) is 6.55. The van der Waals surface area contributed by atoms with Gasteiger partial charge in [-0.1, -0.05) is 12.1 Å². The molecule has 22 heavy (non-hydrogen) atoms. The molecule has 2 unspecified atom stereocenters. The number of alkyl halides is 1. The predicted molar refractivity (Wildman–Crippen MR) is 85.2 cm³/mol. The van der Waals surface area contributed by atoms with Crippen LogP contribution in [-0.2, 0) is 4.74 Å². The summed E-state index contributed by atoms with van der Waals surface area (Å²) in [6, 6.07) is 6.84. The third-order valence-electron chi connectivity index (χ3n) is 3.78. The van der Waals surface area contributed by atoms with Gasteiger partial charge in [0, 0.05) is 24.7 Å². The fourth-order valence-electron chi connectivity index (χ4n) is 2.69. The van der Waals surface area contributed by atoms with E-state index >= 15 is 0 Å². The van der Waals surface area contributed by atoms with Crippen LogP contribution in [-0.4, -0.2) is 29.7 Å². The number of piperidine rings is 1. The first-order chi connectivity index (χ1) is 10.3. The molecule has 1 amide bonds. The molecule has 0 aliphatic carbocycles. The molecule has 1 aromatic carbocycles. The highest BCUT2D eigenvalue weighted by Crippen LogP contribution is 2.33. The van der Waals surface area contributed by atoms with Crippen LogP contribution in [0.5, 0.6) is 0 Å². The van der Waals surface area contributed by atoms with Gasteiger partial charge in [0.1, 0.15) is 11.8 Å². The van der Waals surface area contributed by atoms with Crippen LogP contribution in [0.3, 0.4) is 0 Å². The van der Waals surface area contributed by atoms with Gasteiger partial charge in [0.05, 0.1) is 0 Å². The number of nitrogens with zero attached hydrogens (tertiary/aromatic N) is 1. The number of benzene rings is 1. The molecular formula is C17H25FN2O2. The number of carbonyl (C=O) groups is 1. The summed E-state index contributed by atoms with van der Waals surface area (Å²) in [6.07, 6.45) is 0.108. The minimum atomic E-state index is -1.09. The van der Waals surface area contributed by atoms with Gasteiger partial charge in [-0.2, -0.15) is 0 Å². The second-order valence-electron chi connectivity index (χ2n) is 6.90. The summed E-state index contributed by atoms with van der Waals surface area (Å²) in [4.78, 5) is 13.7. The average molecular weight is 308 g/mol. The van der Waals surface area contributed by atoms with Gasteiger partial charge in [-0.3, -0.25) is 0 Å². The van der Waals surface area contributed by atoms with Gasteiger partial charge in [0.2, 0.25) is 0 Å². The van der Waals surface area contributed by atoms with Crippen molar-refractivity contribution in [1.29, 1.82) is 0 Å². The van der Waals surface area contributed by atoms with Crippen LogP contribution in [0.1, 0.15) is 45.3 Å². The van der Waals surface area contributed by atoms with E-state index in [4.69, 9.17) is 10.5 Å².